The Morgan fingerprint density at radius 3 is 2.53 bits per heavy atom. The summed E-state index contributed by atoms with van der Waals surface area (Å²) in [6.45, 7) is 0. The van der Waals surface area contributed by atoms with Crippen LogP contribution in [0, 0.1) is 5.41 Å². The number of nitrogens with zero attached hydrogens (tertiary/aromatic N) is 1. The third kappa shape index (κ3) is 2.99. The highest BCUT2D eigenvalue weighted by atomic mass is 35.5. The largest absolute Gasteiger partial charge is 0.384 e. The number of amidine groups is 1. The van der Waals surface area contributed by atoms with E-state index in [-0.39, 0.29) is 5.84 Å². The molecule has 3 nitrogen and oxygen atoms in total. The van der Waals surface area contributed by atoms with Crippen molar-refractivity contribution in [3.63, 3.8) is 0 Å². The van der Waals surface area contributed by atoms with Gasteiger partial charge in [0.15, 0.2) is 0 Å². The molecule has 5 heteroatoms. The van der Waals surface area contributed by atoms with Crippen molar-refractivity contribution in [2.45, 2.75) is 9.92 Å². The van der Waals surface area contributed by atoms with E-state index in [0.717, 1.165) is 9.92 Å². The highest BCUT2D eigenvalue weighted by Crippen LogP contribution is 2.30. The van der Waals surface area contributed by atoms with Crippen LogP contribution in [-0.4, -0.2) is 10.8 Å². The summed E-state index contributed by atoms with van der Waals surface area (Å²) in [6.07, 6.45) is 1.71. The molecule has 0 saturated heterocycles. The second kappa shape index (κ2) is 5.21. The third-order valence-electron chi connectivity index (χ3n) is 2.10. The number of nitrogens with one attached hydrogen (secondary N) is 1. The van der Waals surface area contributed by atoms with Crippen molar-refractivity contribution < 1.29 is 0 Å². The van der Waals surface area contributed by atoms with Gasteiger partial charge in [0.2, 0.25) is 0 Å². The van der Waals surface area contributed by atoms with E-state index in [2.05, 4.69) is 4.98 Å². The van der Waals surface area contributed by atoms with Gasteiger partial charge in [-0.15, -0.1) is 0 Å². The Morgan fingerprint density at radius 2 is 1.94 bits per heavy atom. The van der Waals surface area contributed by atoms with Crippen molar-refractivity contribution in [1.82, 2.24) is 4.98 Å². The van der Waals surface area contributed by atoms with Crippen molar-refractivity contribution in [3.8, 4) is 0 Å². The molecule has 1 aromatic carbocycles. The van der Waals surface area contributed by atoms with Gasteiger partial charge in [-0.05, 0) is 24.3 Å². The molecule has 0 unspecified atom stereocenters. The lowest BCUT2D eigenvalue weighted by molar-refractivity contribution is 1.13. The summed E-state index contributed by atoms with van der Waals surface area (Å²) in [4.78, 5) is 5.20. The summed E-state index contributed by atoms with van der Waals surface area (Å²) < 4.78 is 0. The first kappa shape index (κ1) is 12.0. The number of halogens is 1. The smallest absolute Gasteiger partial charge is 0.122 e. The summed E-state index contributed by atoms with van der Waals surface area (Å²) in [6, 6.07) is 11.0. The Hall–Kier alpha value is -1.52. The van der Waals surface area contributed by atoms with Crippen LogP contribution in [0.15, 0.2) is 52.5 Å². The van der Waals surface area contributed by atoms with Crippen molar-refractivity contribution >= 4 is 29.2 Å². The molecule has 0 radical (unpaired) electrons. The quantitative estimate of drug-likeness (QED) is 0.660. The number of benzene rings is 1. The number of aromatic nitrogens is 1. The number of rotatable bonds is 3. The molecule has 0 bridgehead atoms. The summed E-state index contributed by atoms with van der Waals surface area (Å²) in [5.41, 5.74) is 6.09. The molecule has 0 aliphatic rings. The van der Waals surface area contributed by atoms with Crippen LogP contribution in [0.5, 0.6) is 0 Å². The van der Waals surface area contributed by atoms with Crippen LogP contribution in [-0.2, 0) is 0 Å². The molecular weight excluding hydrogens is 254 g/mol. The van der Waals surface area contributed by atoms with Crippen LogP contribution in [0.2, 0.25) is 5.02 Å². The zero-order valence-corrected chi connectivity index (χ0v) is 10.4. The monoisotopic (exact) mass is 263 g/mol. The number of hydrogen-bond acceptors (Lipinski definition) is 3. The van der Waals surface area contributed by atoms with Crippen LogP contribution >= 0.6 is 23.4 Å². The number of nitrogen functional groups attached to an aromatic ring is 1. The highest BCUT2D eigenvalue weighted by molar-refractivity contribution is 7.99. The van der Waals surface area contributed by atoms with Gasteiger partial charge in [-0.1, -0.05) is 35.5 Å². The minimum absolute atomic E-state index is 0.0671. The van der Waals surface area contributed by atoms with Crippen molar-refractivity contribution in [2.24, 2.45) is 5.73 Å². The van der Waals surface area contributed by atoms with Crippen LogP contribution in [0.1, 0.15) is 5.56 Å². The Bertz CT molecular complexity index is 540. The lowest BCUT2D eigenvalue weighted by Crippen LogP contribution is -2.10. The first-order valence-electron chi connectivity index (χ1n) is 4.89. The predicted molar refractivity (Wildman–Crippen MR) is 70.8 cm³/mol. The van der Waals surface area contributed by atoms with Gasteiger partial charge >= 0.3 is 0 Å². The van der Waals surface area contributed by atoms with E-state index in [1.165, 1.54) is 11.8 Å². The van der Waals surface area contributed by atoms with E-state index >= 15 is 0 Å². The van der Waals surface area contributed by atoms with Crippen molar-refractivity contribution in [2.75, 3.05) is 0 Å². The van der Waals surface area contributed by atoms with Gasteiger partial charge in [-0.25, -0.2) is 4.98 Å². The number of nitrogens with two attached hydrogens (primary N) is 1. The lowest BCUT2D eigenvalue weighted by Gasteiger charge is -2.03. The standard InChI is InChI=1S/C12H10ClN3S/c13-10-2-1-7-16-12(10)17-9-5-3-8(4-6-9)11(14)15/h1-7H,(H3,14,15). The second-order valence-corrected chi connectivity index (χ2v) is 4.80. The van der Waals surface area contributed by atoms with Gasteiger partial charge in [-0.3, -0.25) is 5.41 Å². The highest BCUT2D eigenvalue weighted by Gasteiger charge is 2.03. The molecule has 0 fully saturated rings. The van der Waals surface area contributed by atoms with Gasteiger partial charge in [0.1, 0.15) is 10.9 Å². The SMILES string of the molecule is N=C(N)c1ccc(Sc2ncccc2Cl)cc1. The first-order valence-corrected chi connectivity index (χ1v) is 6.09. The fraction of sp³-hybridized carbons (Fsp3) is 0. The zero-order valence-electron chi connectivity index (χ0n) is 8.85. The Balaban J connectivity index is 2.20. The molecule has 2 aromatic rings. The van der Waals surface area contributed by atoms with Gasteiger partial charge in [0, 0.05) is 16.7 Å². The summed E-state index contributed by atoms with van der Waals surface area (Å²) in [5.74, 6) is 0.0671. The van der Waals surface area contributed by atoms with Crippen molar-refractivity contribution in [3.05, 3.63) is 53.2 Å². The molecule has 17 heavy (non-hydrogen) atoms. The third-order valence-corrected chi connectivity index (χ3v) is 3.55. The minimum Gasteiger partial charge on any atom is -0.384 e. The van der Waals surface area contributed by atoms with E-state index in [1.807, 2.05) is 24.3 Å². The van der Waals surface area contributed by atoms with Gasteiger partial charge in [0.05, 0.1) is 5.02 Å². The van der Waals surface area contributed by atoms with E-state index < -0.39 is 0 Å². The molecule has 86 valence electrons. The van der Waals surface area contributed by atoms with E-state index in [4.69, 9.17) is 22.7 Å². The van der Waals surface area contributed by atoms with Crippen LogP contribution < -0.4 is 5.73 Å². The molecule has 0 amide bonds. The maximum Gasteiger partial charge on any atom is 0.122 e. The molecule has 3 N–H and O–H groups in total. The average Bonchev–Trinajstić information content (AvgIpc) is 2.33. The summed E-state index contributed by atoms with van der Waals surface area (Å²) in [7, 11) is 0. The predicted octanol–water partition coefficient (Wildman–Crippen LogP) is 3.17. The Labute approximate surface area is 109 Å². The summed E-state index contributed by atoms with van der Waals surface area (Å²) >= 11 is 7.50. The maximum atomic E-state index is 7.30. The van der Waals surface area contributed by atoms with Gasteiger partial charge < -0.3 is 5.73 Å². The molecule has 0 aliphatic carbocycles. The minimum atomic E-state index is 0.0671. The fourth-order valence-electron chi connectivity index (χ4n) is 1.26. The molecule has 2 rings (SSSR count). The van der Waals surface area contributed by atoms with Crippen molar-refractivity contribution in [1.29, 1.82) is 5.41 Å². The first-order chi connectivity index (χ1) is 8.16. The second-order valence-electron chi connectivity index (χ2n) is 3.33. The van der Waals surface area contributed by atoms with E-state index in [1.54, 1.807) is 18.3 Å². The molecule has 0 atom stereocenters. The Kier molecular flexibility index (Phi) is 3.66. The average molecular weight is 264 g/mol. The normalized spacial score (nSPS) is 10.2. The molecule has 0 spiro atoms. The molecule has 1 aromatic heterocycles. The summed E-state index contributed by atoms with van der Waals surface area (Å²) in [5, 5.41) is 8.70. The molecule has 0 saturated carbocycles. The maximum absolute atomic E-state index is 7.30. The van der Waals surface area contributed by atoms with Crippen LogP contribution in [0.3, 0.4) is 0 Å². The number of hydrogen-bond donors (Lipinski definition) is 2. The van der Waals surface area contributed by atoms with E-state index in [0.29, 0.717) is 10.6 Å². The van der Waals surface area contributed by atoms with Gasteiger partial charge in [-0.2, -0.15) is 0 Å². The molecular formula is C12H10ClN3S. The lowest BCUT2D eigenvalue weighted by atomic mass is 10.2. The number of pyridine rings is 1. The van der Waals surface area contributed by atoms with Crippen LogP contribution in [0.25, 0.3) is 0 Å². The van der Waals surface area contributed by atoms with Crippen LogP contribution in [0.4, 0.5) is 0 Å². The molecule has 0 aliphatic heterocycles. The Morgan fingerprint density at radius 1 is 1.24 bits per heavy atom. The fourth-order valence-corrected chi connectivity index (χ4v) is 2.27. The topological polar surface area (TPSA) is 62.8 Å². The zero-order chi connectivity index (χ0) is 12.3. The van der Waals surface area contributed by atoms with Gasteiger partial charge in [0.25, 0.3) is 0 Å². The van der Waals surface area contributed by atoms with E-state index in [9.17, 15) is 0 Å². The molecule has 1 heterocycles.